The molecule has 0 spiro atoms. The molecule has 0 unspecified atom stereocenters. The monoisotopic (exact) mass is 383 g/mol. The summed E-state index contributed by atoms with van der Waals surface area (Å²) in [6, 6.07) is 4.15. The van der Waals surface area contributed by atoms with Gasteiger partial charge in [0.05, 0.1) is 18.5 Å². The number of hydrogen-bond donors (Lipinski definition) is 0. The third-order valence-electron chi connectivity index (χ3n) is 6.00. The number of piperidine rings is 1. The lowest BCUT2D eigenvalue weighted by Crippen LogP contribution is -2.43. The van der Waals surface area contributed by atoms with Gasteiger partial charge >= 0.3 is 0 Å². The van der Waals surface area contributed by atoms with Gasteiger partial charge < -0.3 is 13.4 Å². The summed E-state index contributed by atoms with van der Waals surface area (Å²) in [4.78, 5) is 5.05. The minimum absolute atomic E-state index is 0.444. The van der Waals surface area contributed by atoms with Crippen LogP contribution >= 0.6 is 0 Å². The standard InChI is InChI=1S/C20H25N5O3/c1-13-17(14(2)28-23-13)11-24-8-15-5-6-16(10-24)25(9-15)12-19-21-22-20(27-19)18-4-3-7-26-18/h3-4,7,15-16H,5-6,8-12H2,1-2H3/t15-,16+/m0/s1. The number of fused-ring (bicyclic) bond motifs is 4. The first-order valence-corrected chi connectivity index (χ1v) is 9.90. The molecule has 0 amide bonds. The Bertz CT molecular complexity index is 912. The number of furan rings is 1. The van der Waals surface area contributed by atoms with E-state index in [-0.39, 0.29) is 0 Å². The van der Waals surface area contributed by atoms with Crippen molar-refractivity contribution in [2.75, 3.05) is 19.6 Å². The van der Waals surface area contributed by atoms with E-state index < -0.39 is 0 Å². The average molecular weight is 383 g/mol. The van der Waals surface area contributed by atoms with Gasteiger partial charge in [-0.1, -0.05) is 5.16 Å². The molecule has 0 saturated carbocycles. The fourth-order valence-electron chi connectivity index (χ4n) is 4.54. The maximum Gasteiger partial charge on any atom is 0.283 e. The van der Waals surface area contributed by atoms with Crippen molar-refractivity contribution < 1.29 is 13.4 Å². The predicted octanol–water partition coefficient (Wildman–Crippen LogP) is 3.03. The van der Waals surface area contributed by atoms with E-state index in [0.717, 1.165) is 37.6 Å². The Labute approximate surface area is 163 Å². The summed E-state index contributed by atoms with van der Waals surface area (Å²) < 4.78 is 16.5. The highest BCUT2D eigenvalue weighted by molar-refractivity contribution is 5.42. The minimum Gasteiger partial charge on any atom is -0.459 e. The zero-order valence-corrected chi connectivity index (χ0v) is 16.3. The van der Waals surface area contributed by atoms with E-state index in [9.17, 15) is 0 Å². The van der Waals surface area contributed by atoms with Crippen LogP contribution in [0.5, 0.6) is 0 Å². The van der Waals surface area contributed by atoms with Crippen LogP contribution in [0.3, 0.4) is 0 Å². The molecule has 3 saturated heterocycles. The van der Waals surface area contributed by atoms with E-state index in [1.807, 2.05) is 26.0 Å². The maximum atomic E-state index is 5.83. The number of rotatable bonds is 5. The van der Waals surface area contributed by atoms with E-state index in [1.54, 1.807) is 6.26 Å². The van der Waals surface area contributed by atoms with E-state index >= 15 is 0 Å². The van der Waals surface area contributed by atoms with Gasteiger partial charge in [-0.25, -0.2) is 0 Å². The second kappa shape index (κ2) is 7.18. The van der Waals surface area contributed by atoms with Crippen molar-refractivity contribution >= 4 is 0 Å². The fraction of sp³-hybridized carbons (Fsp3) is 0.550. The summed E-state index contributed by atoms with van der Waals surface area (Å²) in [5.74, 6) is 3.30. The molecule has 0 N–H and O–H groups in total. The molecule has 148 valence electrons. The molecule has 8 heteroatoms. The van der Waals surface area contributed by atoms with Crippen LogP contribution < -0.4 is 0 Å². The number of aryl methyl sites for hydroxylation is 2. The molecule has 8 nitrogen and oxygen atoms in total. The van der Waals surface area contributed by atoms with Crippen LogP contribution in [-0.4, -0.2) is 50.8 Å². The van der Waals surface area contributed by atoms with Gasteiger partial charge in [0.25, 0.3) is 5.89 Å². The molecular weight excluding hydrogens is 358 g/mol. The van der Waals surface area contributed by atoms with E-state index in [0.29, 0.717) is 36.0 Å². The quantitative estimate of drug-likeness (QED) is 0.665. The molecule has 2 atom stereocenters. The van der Waals surface area contributed by atoms with Gasteiger partial charge in [-0.05, 0) is 44.7 Å². The second-order valence-electron chi connectivity index (χ2n) is 8.00. The molecule has 3 fully saturated rings. The summed E-state index contributed by atoms with van der Waals surface area (Å²) in [5.41, 5.74) is 2.23. The third kappa shape index (κ3) is 3.38. The Balaban J connectivity index is 1.28. The molecule has 0 radical (unpaired) electrons. The van der Waals surface area contributed by atoms with Crippen LogP contribution in [0, 0.1) is 19.8 Å². The zero-order chi connectivity index (χ0) is 19.1. The van der Waals surface area contributed by atoms with Crippen molar-refractivity contribution in [3.8, 4) is 11.7 Å². The van der Waals surface area contributed by atoms with Crippen LogP contribution in [0.2, 0.25) is 0 Å². The average Bonchev–Trinajstić information content (AvgIpc) is 3.37. The lowest BCUT2D eigenvalue weighted by Gasteiger charge is -2.35. The van der Waals surface area contributed by atoms with Crippen LogP contribution in [0.25, 0.3) is 11.7 Å². The van der Waals surface area contributed by atoms with Gasteiger partial charge in [-0.3, -0.25) is 9.80 Å². The third-order valence-corrected chi connectivity index (χ3v) is 6.00. The SMILES string of the molecule is Cc1noc(C)c1CN1C[C@@H]2CC[C@H](C1)N(Cc1nnc(-c3ccco3)o1)C2. The zero-order valence-electron chi connectivity index (χ0n) is 16.3. The molecule has 2 bridgehead atoms. The lowest BCUT2D eigenvalue weighted by molar-refractivity contribution is 0.112. The highest BCUT2D eigenvalue weighted by Gasteiger charge is 2.36. The summed E-state index contributed by atoms with van der Waals surface area (Å²) in [5, 5.41) is 12.5. The van der Waals surface area contributed by atoms with Crippen LogP contribution in [-0.2, 0) is 13.1 Å². The van der Waals surface area contributed by atoms with Crippen molar-refractivity contribution in [2.24, 2.45) is 5.92 Å². The highest BCUT2D eigenvalue weighted by Crippen LogP contribution is 2.31. The predicted molar refractivity (Wildman–Crippen MR) is 100 cm³/mol. The summed E-state index contributed by atoms with van der Waals surface area (Å²) in [6.45, 7) is 8.84. The fourth-order valence-corrected chi connectivity index (χ4v) is 4.54. The Hall–Kier alpha value is -2.45. The molecule has 3 aliphatic heterocycles. The van der Waals surface area contributed by atoms with E-state index in [1.165, 1.54) is 18.4 Å². The summed E-state index contributed by atoms with van der Waals surface area (Å²) in [7, 11) is 0. The number of hydrogen-bond acceptors (Lipinski definition) is 8. The van der Waals surface area contributed by atoms with E-state index in [4.69, 9.17) is 13.4 Å². The first-order chi connectivity index (χ1) is 13.7. The van der Waals surface area contributed by atoms with Gasteiger partial charge in [0.15, 0.2) is 5.76 Å². The Morgan fingerprint density at radius 1 is 1.11 bits per heavy atom. The first-order valence-electron chi connectivity index (χ1n) is 9.90. The van der Waals surface area contributed by atoms with Gasteiger partial charge in [0.1, 0.15) is 5.76 Å². The molecule has 6 heterocycles. The summed E-state index contributed by atoms with van der Waals surface area (Å²) >= 11 is 0. The molecule has 28 heavy (non-hydrogen) atoms. The first kappa shape index (κ1) is 17.6. The largest absolute Gasteiger partial charge is 0.459 e. The number of aromatic nitrogens is 3. The van der Waals surface area contributed by atoms with Crippen LogP contribution in [0.4, 0.5) is 0 Å². The Kier molecular flexibility index (Phi) is 4.52. The maximum absolute atomic E-state index is 5.83. The van der Waals surface area contributed by atoms with Crippen molar-refractivity contribution in [3.63, 3.8) is 0 Å². The van der Waals surface area contributed by atoms with Gasteiger partial charge in [-0.2, -0.15) is 0 Å². The molecule has 6 rings (SSSR count). The van der Waals surface area contributed by atoms with Crippen molar-refractivity contribution in [3.05, 3.63) is 41.3 Å². The second-order valence-corrected chi connectivity index (χ2v) is 8.00. The van der Waals surface area contributed by atoms with Crippen molar-refractivity contribution in [1.82, 2.24) is 25.2 Å². The highest BCUT2D eigenvalue weighted by atomic mass is 16.5. The summed E-state index contributed by atoms with van der Waals surface area (Å²) in [6.07, 6.45) is 4.10. The van der Waals surface area contributed by atoms with Crippen molar-refractivity contribution in [1.29, 1.82) is 0 Å². The van der Waals surface area contributed by atoms with Gasteiger partial charge in [-0.15, -0.1) is 10.2 Å². The Morgan fingerprint density at radius 3 is 2.82 bits per heavy atom. The van der Waals surface area contributed by atoms with Crippen LogP contribution in [0.15, 0.2) is 31.8 Å². The lowest BCUT2D eigenvalue weighted by atomic mass is 9.95. The minimum atomic E-state index is 0.444. The smallest absolute Gasteiger partial charge is 0.283 e. The molecule has 3 aromatic heterocycles. The van der Waals surface area contributed by atoms with Gasteiger partial charge in [0.2, 0.25) is 5.89 Å². The Morgan fingerprint density at radius 2 is 2.04 bits per heavy atom. The normalized spacial score (nSPS) is 23.4. The van der Waals surface area contributed by atoms with Crippen molar-refractivity contribution in [2.45, 2.75) is 45.8 Å². The topological polar surface area (TPSA) is 84.6 Å². The number of nitrogens with zero attached hydrogens (tertiary/aromatic N) is 5. The molecule has 0 aliphatic carbocycles. The molecular formula is C20H25N5O3. The van der Waals surface area contributed by atoms with E-state index in [2.05, 4.69) is 25.2 Å². The molecule has 3 aromatic rings. The van der Waals surface area contributed by atoms with Gasteiger partial charge in [0, 0.05) is 37.8 Å². The molecule has 0 aromatic carbocycles. The molecule has 3 aliphatic rings. The van der Waals surface area contributed by atoms with Crippen LogP contribution in [0.1, 0.15) is 35.7 Å².